The number of rotatable bonds is 4. The molecule has 2 aromatic rings. The molecule has 0 aliphatic carbocycles. The SMILES string of the molecule is COc1cc(O)ccc1[C@H]1OC[C@H]2[C@@H]1CO[C@H]2c1ccc(O)cc1OC. The first-order chi connectivity index (χ1) is 12.6. The van der Waals surface area contributed by atoms with Crippen molar-refractivity contribution in [2.24, 2.45) is 11.8 Å². The summed E-state index contributed by atoms with van der Waals surface area (Å²) in [6, 6.07) is 10.2. The zero-order valence-corrected chi connectivity index (χ0v) is 14.7. The van der Waals surface area contributed by atoms with Crippen molar-refractivity contribution in [1.82, 2.24) is 0 Å². The van der Waals surface area contributed by atoms with E-state index in [0.717, 1.165) is 11.1 Å². The van der Waals surface area contributed by atoms with Crippen molar-refractivity contribution in [3.8, 4) is 23.0 Å². The number of ether oxygens (including phenoxy) is 4. The monoisotopic (exact) mass is 358 g/mol. The van der Waals surface area contributed by atoms with Gasteiger partial charge in [-0.3, -0.25) is 0 Å². The molecule has 0 bridgehead atoms. The van der Waals surface area contributed by atoms with Gasteiger partial charge in [-0.1, -0.05) is 0 Å². The van der Waals surface area contributed by atoms with Crippen LogP contribution in [0.1, 0.15) is 23.3 Å². The molecule has 0 radical (unpaired) electrons. The van der Waals surface area contributed by atoms with Crippen molar-refractivity contribution in [3.63, 3.8) is 0 Å². The number of phenols is 2. The molecule has 2 N–H and O–H groups in total. The van der Waals surface area contributed by atoms with Crippen LogP contribution in [0.2, 0.25) is 0 Å². The summed E-state index contributed by atoms with van der Waals surface area (Å²) in [5, 5.41) is 19.4. The Morgan fingerprint density at radius 3 is 1.58 bits per heavy atom. The van der Waals surface area contributed by atoms with Gasteiger partial charge >= 0.3 is 0 Å². The predicted octanol–water partition coefficient (Wildman–Crippen LogP) is 3.19. The molecule has 2 aromatic carbocycles. The molecule has 26 heavy (non-hydrogen) atoms. The van der Waals surface area contributed by atoms with Gasteiger partial charge in [0.1, 0.15) is 23.0 Å². The summed E-state index contributed by atoms with van der Waals surface area (Å²) in [6.45, 7) is 1.13. The Morgan fingerprint density at radius 2 is 1.19 bits per heavy atom. The second kappa shape index (κ2) is 6.70. The number of hydrogen-bond donors (Lipinski definition) is 2. The molecular weight excluding hydrogens is 336 g/mol. The smallest absolute Gasteiger partial charge is 0.128 e. The molecule has 2 saturated heterocycles. The maximum absolute atomic E-state index is 9.69. The first-order valence-electron chi connectivity index (χ1n) is 8.59. The normalized spacial score (nSPS) is 27.3. The van der Waals surface area contributed by atoms with Crippen LogP contribution in [0.4, 0.5) is 0 Å². The minimum atomic E-state index is -0.149. The highest BCUT2D eigenvalue weighted by Gasteiger charge is 2.49. The lowest BCUT2D eigenvalue weighted by atomic mass is 9.84. The highest BCUT2D eigenvalue weighted by molar-refractivity contribution is 5.44. The van der Waals surface area contributed by atoms with Gasteiger partial charge < -0.3 is 29.2 Å². The Hall–Kier alpha value is -2.44. The van der Waals surface area contributed by atoms with Gasteiger partial charge in [0.15, 0.2) is 0 Å². The molecule has 2 heterocycles. The van der Waals surface area contributed by atoms with E-state index in [1.165, 1.54) is 0 Å². The number of phenolic OH excluding ortho intramolecular Hbond substituents is 2. The molecule has 2 aliphatic heterocycles. The average molecular weight is 358 g/mol. The van der Waals surface area contributed by atoms with E-state index in [0.29, 0.717) is 24.7 Å². The van der Waals surface area contributed by atoms with Crippen LogP contribution in [0.25, 0.3) is 0 Å². The van der Waals surface area contributed by atoms with E-state index >= 15 is 0 Å². The van der Waals surface area contributed by atoms with Crippen LogP contribution in [0.5, 0.6) is 23.0 Å². The van der Waals surface area contributed by atoms with Crippen LogP contribution in [0.15, 0.2) is 36.4 Å². The fourth-order valence-corrected chi connectivity index (χ4v) is 4.06. The van der Waals surface area contributed by atoms with Gasteiger partial charge in [-0.15, -0.1) is 0 Å². The second-order valence-electron chi connectivity index (χ2n) is 6.69. The lowest BCUT2D eigenvalue weighted by molar-refractivity contribution is 0.0178. The first-order valence-corrected chi connectivity index (χ1v) is 8.59. The van der Waals surface area contributed by atoms with Gasteiger partial charge in [0.05, 0.1) is 39.6 Å². The minimum absolute atomic E-state index is 0.149. The number of hydrogen-bond acceptors (Lipinski definition) is 6. The molecular formula is C20H22O6. The minimum Gasteiger partial charge on any atom is -0.508 e. The van der Waals surface area contributed by atoms with Crippen LogP contribution in [0, 0.1) is 11.8 Å². The Morgan fingerprint density at radius 1 is 0.769 bits per heavy atom. The van der Waals surface area contributed by atoms with Crippen molar-refractivity contribution < 1.29 is 29.2 Å². The largest absolute Gasteiger partial charge is 0.508 e. The van der Waals surface area contributed by atoms with Crippen molar-refractivity contribution in [2.75, 3.05) is 27.4 Å². The molecule has 0 spiro atoms. The van der Waals surface area contributed by atoms with Crippen molar-refractivity contribution in [3.05, 3.63) is 47.5 Å². The van der Waals surface area contributed by atoms with Crippen LogP contribution in [-0.4, -0.2) is 37.6 Å². The van der Waals surface area contributed by atoms with E-state index < -0.39 is 0 Å². The highest BCUT2D eigenvalue weighted by atomic mass is 16.5. The van der Waals surface area contributed by atoms with Crippen LogP contribution >= 0.6 is 0 Å². The third-order valence-corrected chi connectivity index (χ3v) is 5.31. The van der Waals surface area contributed by atoms with E-state index in [-0.39, 0.29) is 35.5 Å². The summed E-state index contributed by atoms with van der Waals surface area (Å²) in [4.78, 5) is 0. The first kappa shape index (κ1) is 17.0. The van der Waals surface area contributed by atoms with Gasteiger partial charge in [0.25, 0.3) is 0 Å². The van der Waals surface area contributed by atoms with Crippen LogP contribution < -0.4 is 9.47 Å². The van der Waals surface area contributed by atoms with E-state index in [9.17, 15) is 10.2 Å². The fraction of sp³-hybridized carbons (Fsp3) is 0.400. The van der Waals surface area contributed by atoms with Crippen molar-refractivity contribution in [2.45, 2.75) is 12.2 Å². The molecule has 4 rings (SSSR count). The quantitative estimate of drug-likeness (QED) is 0.874. The molecule has 0 saturated carbocycles. The maximum Gasteiger partial charge on any atom is 0.128 e. The van der Waals surface area contributed by atoms with E-state index in [4.69, 9.17) is 18.9 Å². The molecule has 4 atom stereocenters. The third-order valence-electron chi connectivity index (χ3n) is 5.31. The number of benzene rings is 2. The van der Waals surface area contributed by atoms with Crippen LogP contribution in [0.3, 0.4) is 0 Å². The summed E-state index contributed by atoms with van der Waals surface area (Å²) in [7, 11) is 3.17. The topological polar surface area (TPSA) is 77.4 Å². The second-order valence-corrected chi connectivity index (χ2v) is 6.69. The van der Waals surface area contributed by atoms with Gasteiger partial charge in [-0.25, -0.2) is 0 Å². The molecule has 138 valence electrons. The van der Waals surface area contributed by atoms with Gasteiger partial charge in [0, 0.05) is 35.1 Å². The highest BCUT2D eigenvalue weighted by Crippen LogP contribution is 2.53. The lowest BCUT2D eigenvalue weighted by Gasteiger charge is -2.19. The fourth-order valence-electron chi connectivity index (χ4n) is 4.06. The third kappa shape index (κ3) is 2.75. The van der Waals surface area contributed by atoms with Gasteiger partial charge in [-0.05, 0) is 24.3 Å². The average Bonchev–Trinajstić information content (AvgIpc) is 3.24. The van der Waals surface area contributed by atoms with Crippen LogP contribution in [-0.2, 0) is 9.47 Å². The molecule has 0 unspecified atom stereocenters. The zero-order chi connectivity index (χ0) is 18.3. The molecule has 0 amide bonds. The summed E-state index contributed by atoms with van der Waals surface area (Å²) in [5.41, 5.74) is 1.83. The maximum atomic E-state index is 9.69. The van der Waals surface area contributed by atoms with Crippen molar-refractivity contribution >= 4 is 0 Å². The van der Waals surface area contributed by atoms with Gasteiger partial charge in [0.2, 0.25) is 0 Å². The summed E-state index contributed by atoms with van der Waals surface area (Å²) >= 11 is 0. The molecule has 6 heteroatoms. The Bertz CT molecular complexity index is 737. The standard InChI is InChI=1S/C20H22O6/c1-23-17-7-11(21)3-5-13(17)19-15-9-26-20(16(15)10-25-19)14-6-4-12(22)8-18(14)24-2/h3-8,15-16,19-22H,9-10H2,1-2H3/t15-,16-,19-,20+/m0/s1. The summed E-state index contributed by atoms with van der Waals surface area (Å²) in [6.07, 6.45) is -0.299. The van der Waals surface area contributed by atoms with E-state index in [1.807, 2.05) is 12.1 Å². The zero-order valence-electron chi connectivity index (χ0n) is 14.7. The number of methoxy groups -OCH3 is 2. The Balaban J connectivity index is 1.62. The summed E-state index contributed by atoms with van der Waals surface area (Å²) in [5.74, 6) is 1.90. The van der Waals surface area contributed by atoms with E-state index in [1.54, 1.807) is 38.5 Å². The molecule has 0 aromatic heterocycles. The summed E-state index contributed by atoms with van der Waals surface area (Å²) < 4.78 is 23.1. The van der Waals surface area contributed by atoms with Gasteiger partial charge in [-0.2, -0.15) is 0 Å². The van der Waals surface area contributed by atoms with E-state index in [2.05, 4.69) is 0 Å². The number of aromatic hydroxyl groups is 2. The molecule has 6 nitrogen and oxygen atoms in total. The predicted molar refractivity (Wildman–Crippen MR) is 93.7 cm³/mol. The number of fused-ring (bicyclic) bond motifs is 1. The molecule has 2 fully saturated rings. The Kier molecular flexibility index (Phi) is 4.38. The molecule has 2 aliphatic rings. The van der Waals surface area contributed by atoms with Crippen molar-refractivity contribution in [1.29, 1.82) is 0 Å². The Labute approximate surface area is 151 Å². The lowest BCUT2D eigenvalue weighted by Crippen LogP contribution is -2.15.